The largest absolute Gasteiger partial charge is 0.480 e. The first-order valence-corrected chi connectivity index (χ1v) is 6.93. The van der Waals surface area contributed by atoms with Crippen LogP contribution in [0.25, 0.3) is 0 Å². The first-order chi connectivity index (χ1) is 9.00. The zero-order chi connectivity index (χ0) is 13.9. The Morgan fingerprint density at radius 2 is 2.26 bits per heavy atom. The molecule has 1 fully saturated rings. The van der Waals surface area contributed by atoms with Crippen LogP contribution in [-0.2, 0) is 11.3 Å². The molecule has 19 heavy (non-hydrogen) atoms. The number of aliphatic carboxylic acids is 1. The molecule has 0 aliphatic carbocycles. The van der Waals surface area contributed by atoms with Crippen LogP contribution in [0.4, 0.5) is 0 Å². The van der Waals surface area contributed by atoms with Crippen LogP contribution in [0.5, 0.6) is 0 Å². The quantitative estimate of drug-likeness (QED) is 0.882. The predicted molar refractivity (Wildman–Crippen MR) is 72.9 cm³/mol. The molecule has 2 heterocycles. The van der Waals surface area contributed by atoms with E-state index in [4.69, 9.17) is 0 Å². The van der Waals surface area contributed by atoms with Crippen LogP contribution in [0.15, 0.2) is 18.7 Å². The maximum absolute atomic E-state index is 11.5. The van der Waals surface area contributed by atoms with Crippen LogP contribution in [0.3, 0.4) is 0 Å². The number of rotatable bonds is 5. The summed E-state index contributed by atoms with van der Waals surface area (Å²) in [6, 6.07) is -0.357. The topological polar surface area (TPSA) is 58.4 Å². The van der Waals surface area contributed by atoms with Gasteiger partial charge in [0, 0.05) is 25.5 Å². The molecule has 0 amide bonds. The molecule has 0 radical (unpaired) electrons. The summed E-state index contributed by atoms with van der Waals surface area (Å²) in [6.07, 6.45) is 8.54. The van der Waals surface area contributed by atoms with E-state index in [1.807, 2.05) is 10.8 Å². The Balaban J connectivity index is 1.91. The molecule has 0 bridgehead atoms. The molecule has 2 rings (SSSR count). The molecule has 1 atom stereocenters. The van der Waals surface area contributed by atoms with Crippen molar-refractivity contribution in [2.45, 2.75) is 45.7 Å². The van der Waals surface area contributed by atoms with Crippen molar-refractivity contribution in [3.63, 3.8) is 0 Å². The highest BCUT2D eigenvalue weighted by Crippen LogP contribution is 2.35. The first-order valence-electron chi connectivity index (χ1n) is 6.93. The lowest BCUT2D eigenvalue weighted by Crippen LogP contribution is -2.54. The Morgan fingerprint density at radius 1 is 1.47 bits per heavy atom. The van der Waals surface area contributed by atoms with E-state index in [0.717, 1.165) is 38.9 Å². The maximum atomic E-state index is 11.5. The van der Waals surface area contributed by atoms with Crippen LogP contribution < -0.4 is 0 Å². The number of carboxylic acid groups (broad SMARTS) is 1. The van der Waals surface area contributed by atoms with E-state index in [0.29, 0.717) is 0 Å². The summed E-state index contributed by atoms with van der Waals surface area (Å²) >= 11 is 0. The van der Waals surface area contributed by atoms with Gasteiger partial charge >= 0.3 is 5.97 Å². The van der Waals surface area contributed by atoms with Crippen molar-refractivity contribution in [3.05, 3.63) is 18.7 Å². The minimum absolute atomic E-state index is 0.140. The van der Waals surface area contributed by atoms with Crippen molar-refractivity contribution >= 4 is 5.97 Å². The molecule has 1 unspecified atom stereocenters. The molecule has 1 aromatic rings. The Labute approximate surface area is 114 Å². The van der Waals surface area contributed by atoms with Gasteiger partial charge in [-0.2, -0.15) is 0 Å². The van der Waals surface area contributed by atoms with Crippen LogP contribution in [-0.4, -0.2) is 44.7 Å². The molecular formula is C14H23N3O2. The SMILES string of the molecule is CC1(C)CCCN(CCCn2ccnc2)C1C(=O)O. The van der Waals surface area contributed by atoms with Gasteiger partial charge in [-0.15, -0.1) is 0 Å². The Hall–Kier alpha value is -1.36. The molecule has 0 saturated carbocycles. The third kappa shape index (κ3) is 3.35. The minimum Gasteiger partial charge on any atom is -0.480 e. The van der Waals surface area contributed by atoms with E-state index in [2.05, 4.69) is 23.7 Å². The molecule has 1 aromatic heterocycles. The third-order valence-electron chi connectivity index (χ3n) is 4.03. The van der Waals surface area contributed by atoms with Gasteiger partial charge in [0.05, 0.1) is 6.33 Å². The lowest BCUT2D eigenvalue weighted by atomic mass is 9.76. The van der Waals surface area contributed by atoms with E-state index >= 15 is 0 Å². The highest BCUT2D eigenvalue weighted by Gasteiger charge is 2.41. The van der Waals surface area contributed by atoms with Crippen LogP contribution in [0.1, 0.15) is 33.1 Å². The fourth-order valence-corrected chi connectivity index (χ4v) is 3.10. The van der Waals surface area contributed by atoms with Crippen molar-refractivity contribution in [1.29, 1.82) is 0 Å². The minimum atomic E-state index is -0.688. The van der Waals surface area contributed by atoms with Crippen molar-refractivity contribution in [3.8, 4) is 0 Å². The van der Waals surface area contributed by atoms with E-state index in [1.54, 1.807) is 12.5 Å². The van der Waals surface area contributed by atoms with Crippen LogP contribution >= 0.6 is 0 Å². The maximum Gasteiger partial charge on any atom is 0.321 e. The van der Waals surface area contributed by atoms with Gasteiger partial charge in [-0.25, -0.2) is 4.98 Å². The second kappa shape index (κ2) is 5.74. The predicted octanol–water partition coefficient (Wildman–Crippen LogP) is 1.85. The normalized spacial score (nSPS) is 23.4. The fourth-order valence-electron chi connectivity index (χ4n) is 3.10. The molecule has 1 N–H and O–H groups in total. The molecule has 5 nitrogen and oxygen atoms in total. The first kappa shape index (κ1) is 14.1. The van der Waals surface area contributed by atoms with E-state index in [1.165, 1.54) is 0 Å². The van der Waals surface area contributed by atoms with E-state index < -0.39 is 5.97 Å². The summed E-state index contributed by atoms with van der Waals surface area (Å²) in [6.45, 7) is 6.74. The Kier molecular flexibility index (Phi) is 4.24. The van der Waals surface area contributed by atoms with Gasteiger partial charge in [0.25, 0.3) is 0 Å². The van der Waals surface area contributed by atoms with Gasteiger partial charge in [-0.3, -0.25) is 9.69 Å². The van der Waals surface area contributed by atoms with Crippen molar-refractivity contribution in [2.24, 2.45) is 5.41 Å². The standard InChI is InChI=1S/C14H23N3O2/c1-14(2)5-3-8-17(12(14)13(18)19)9-4-7-16-10-6-15-11-16/h6,10-12H,3-5,7-9H2,1-2H3,(H,18,19). The van der Waals surface area contributed by atoms with Crippen molar-refractivity contribution in [2.75, 3.05) is 13.1 Å². The van der Waals surface area contributed by atoms with Gasteiger partial charge in [0.15, 0.2) is 0 Å². The summed E-state index contributed by atoms with van der Waals surface area (Å²) in [5.41, 5.74) is -0.140. The van der Waals surface area contributed by atoms with Crippen molar-refractivity contribution < 1.29 is 9.90 Å². The number of nitrogens with zero attached hydrogens (tertiary/aromatic N) is 3. The number of hydrogen-bond acceptors (Lipinski definition) is 3. The molecule has 1 aliphatic rings. The van der Waals surface area contributed by atoms with Gasteiger partial charge < -0.3 is 9.67 Å². The van der Waals surface area contributed by atoms with Crippen LogP contribution in [0.2, 0.25) is 0 Å². The zero-order valence-corrected chi connectivity index (χ0v) is 11.7. The smallest absolute Gasteiger partial charge is 0.321 e. The van der Waals surface area contributed by atoms with Crippen LogP contribution in [0, 0.1) is 5.41 Å². The number of aryl methyl sites for hydroxylation is 1. The molecule has 1 saturated heterocycles. The summed E-state index contributed by atoms with van der Waals surface area (Å²) in [7, 11) is 0. The monoisotopic (exact) mass is 265 g/mol. The number of imidazole rings is 1. The number of carbonyl (C=O) groups is 1. The molecular weight excluding hydrogens is 242 g/mol. The summed E-state index contributed by atoms with van der Waals surface area (Å²) in [5, 5.41) is 9.47. The third-order valence-corrected chi connectivity index (χ3v) is 4.03. The number of aromatic nitrogens is 2. The average molecular weight is 265 g/mol. The second-order valence-electron chi connectivity index (χ2n) is 6.02. The van der Waals surface area contributed by atoms with Crippen molar-refractivity contribution in [1.82, 2.24) is 14.5 Å². The molecule has 106 valence electrons. The average Bonchev–Trinajstić information content (AvgIpc) is 2.80. The number of likely N-dealkylation sites (tertiary alicyclic amines) is 1. The van der Waals surface area contributed by atoms with Gasteiger partial charge in [0.2, 0.25) is 0 Å². The molecule has 5 heteroatoms. The fraction of sp³-hybridized carbons (Fsp3) is 0.714. The summed E-state index contributed by atoms with van der Waals surface area (Å²) in [5.74, 6) is -0.688. The molecule has 0 aromatic carbocycles. The number of carboxylic acids is 1. The molecule has 1 aliphatic heterocycles. The van der Waals surface area contributed by atoms with Gasteiger partial charge in [0.1, 0.15) is 6.04 Å². The van der Waals surface area contributed by atoms with E-state index in [9.17, 15) is 9.90 Å². The van der Waals surface area contributed by atoms with Gasteiger partial charge in [-0.1, -0.05) is 13.8 Å². The highest BCUT2D eigenvalue weighted by atomic mass is 16.4. The van der Waals surface area contributed by atoms with E-state index in [-0.39, 0.29) is 11.5 Å². The lowest BCUT2D eigenvalue weighted by Gasteiger charge is -2.44. The Morgan fingerprint density at radius 3 is 2.89 bits per heavy atom. The van der Waals surface area contributed by atoms with Gasteiger partial charge in [-0.05, 0) is 31.2 Å². The zero-order valence-electron chi connectivity index (χ0n) is 11.7. The number of hydrogen-bond donors (Lipinski definition) is 1. The Bertz CT molecular complexity index is 414. The summed E-state index contributed by atoms with van der Waals surface area (Å²) in [4.78, 5) is 17.7. The number of piperidine rings is 1. The molecule has 0 spiro atoms. The summed E-state index contributed by atoms with van der Waals surface area (Å²) < 4.78 is 2.03. The second-order valence-corrected chi connectivity index (χ2v) is 6.02. The lowest BCUT2D eigenvalue weighted by molar-refractivity contribution is -0.150. The highest BCUT2D eigenvalue weighted by molar-refractivity contribution is 5.74.